The van der Waals surface area contributed by atoms with Crippen molar-refractivity contribution in [2.75, 3.05) is 6.26 Å². The van der Waals surface area contributed by atoms with E-state index in [2.05, 4.69) is 0 Å². The van der Waals surface area contributed by atoms with Crippen LogP contribution in [0.2, 0.25) is 0 Å². The maximum absolute atomic E-state index is 13.7. The standard InChI is InChI=1S/C14H10FNO2S2/c1-20(17,18)12-5-3-11(4-6-12)19-14-7-2-10(9-16)8-13(14)15/h2-8H,1H3. The summed E-state index contributed by atoms with van der Waals surface area (Å²) in [4.78, 5) is 1.33. The molecule has 2 rings (SSSR count). The zero-order valence-electron chi connectivity index (χ0n) is 10.5. The van der Waals surface area contributed by atoms with Gasteiger partial charge in [-0.1, -0.05) is 11.8 Å². The van der Waals surface area contributed by atoms with Gasteiger partial charge in [0.05, 0.1) is 16.5 Å². The van der Waals surface area contributed by atoms with Crippen molar-refractivity contribution in [2.24, 2.45) is 0 Å². The molecule has 0 fully saturated rings. The van der Waals surface area contributed by atoms with Gasteiger partial charge in [-0.2, -0.15) is 5.26 Å². The number of nitriles is 1. The number of rotatable bonds is 3. The number of nitrogens with zero attached hydrogens (tertiary/aromatic N) is 1. The average molecular weight is 307 g/mol. The molecule has 0 aliphatic rings. The SMILES string of the molecule is CS(=O)(=O)c1ccc(Sc2ccc(C#N)cc2F)cc1. The Morgan fingerprint density at radius 2 is 1.80 bits per heavy atom. The molecule has 3 nitrogen and oxygen atoms in total. The van der Waals surface area contributed by atoms with Crippen molar-refractivity contribution in [3.8, 4) is 6.07 Å². The Kier molecular flexibility index (Phi) is 4.12. The van der Waals surface area contributed by atoms with Crippen LogP contribution in [0.4, 0.5) is 4.39 Å². The van der Waals surface area contributed by atoms with E-state index in [1.807, 2.05) is 6.07 Å². The van der Waals surface area contributed by atoms with Crippen molar-refractivity contribution >= 4 is 21.6 Å². The van der Waals surface area contributed by atoms with Gasteiger partial charge in [-0.15, -0.1) is 0 Å². The van der Waals surface area contributed by atoms with Crippen LogP contribution in [0.5, 0.6) is 0 Å². The molecule has 0 aromatic heterocycles. The van der Waals surface area contributed by atoms with E-state index in [0.717, 1.165) is 11.2 Å². The highest BCUT2D eigenvalue weighted by atomic mass is 32.2. The minimum Gasteiger partial charge on any atom is -0.224 e. The van der Waals surface area contributed by atoms with E-state index in [9.17, 15) is 12.8 Å². The summed E-state index contributed by atoms with van der Waals surface area (Å²) in [5, 5.41) is 8.67. The van der Waals surface area contributed by atoms with Gasteiger partial charge in [0.15, 0.2) is 9.84 Å². The average Bonchev–Trinajstić information content (AvgIpc) is 2.40. The molecule has 0 unspecified atom stereocenters. The molecule has 0 saturated carbocycles. The van der Waals surface area contributed by atoms with Crippen LogP contribution in [-0.4, -0.2) is 14.7 Å². The van der Waals surface area contributed by atoms with Gasteiger partial charge in [-0.05, 0) is 42.5 Å². The molecule has 102 valence electrons. The highest BCUT2D eigenvalue weighted by Crippen LogP contribution is 2.30. The van der Waals surface area contributed by atoms with Gasteiger partial charge in [0.25, 0.3) is 0 Å². The molecule has 6 heteroatoms. The summed E-state index contributed by atoms with van der Waals surface area (Å²) in [5.41, 5.74) is 0.263. The van der Waals surface area contributed by atoms with E-state index in [4.69, 9.17) is 5.26 Å². The normalized spacial score (nSPS) is 11.1. The fourth-order valence-electron chi connectivity index (χ4n) is 1.54. The van der Waals surface area contributed by atoms with Crippen molar-refractivity contribution < 1.29 is 12.8 Å². The van der Waals surface area contributed by atoms with Gasteiger partial charge in [0.1, 0.15) is 5.82 Å². The molecular weight excluding hydrogens is 297 g/mol. The fraction of sp³-hybridized carbons (Fsp3) is 0.0714. The second-order valence-corrected chi connectivity index (χ2v) is 7.23. The van der Waals surface area contributed by atoms with E-state index in [-0.39, 0.29) is 10.5 Å². The summed E-state index contributed by atoms with van der Waals surface area (Å²) in [6.07, 6.45) is 1.13. The number of hydrogen-bond donors (Lipinski definition) is 0. The summed E-state index contributed by atoms with van der Waals surface area (Å²) >= 11 is 1.17. The molecule has 0 heterocycles. The first-order valence-electron chi connectivity index (χ1n) is 5.58. The van der Waals surface area contributed by atoms with Crippen LogP contribution >= 0.6 is 11.8 Å². The molecule has 0 atom stereocenters. The number of hydrogen-bond acceptors (Lipinski definition) is 4. The monoisotopic (exact) mass is 307 g/mol. The zero-order chi connectivity index (χ0) is 14.8. The summed E-state index contributed by atoms with van der Waals surface area (Å²) in [6, 6.07) is 12.3. The van der Waals surface area contributed by atoms with E-state index >= 15 is 0 Å². The van der Waals surface area contributed by atoms with Crippen LogP contribution in [0.15, 0.2) is 57.2 Å². The smallest absolute Gasteiger partial charge is 0.175 e. The molecule has 0 spiro atoms. The number of halogens is 1. The summed E-state index contributed by atoms with van der Waals surface area (Å²) in [5.74, 6) is -0.471. The topological polar surface area (TPSA) is 57.9 Å². The zero-order valence-corrected chi connectivity index (χ0v) is 12.1. The van der Waals surface area contributed by atoms with Crippen LogP contribution in [0.3, 0.4) is 0 Å². The first kappa shape index (κ1) is 14.6. The lowest BCUT2D eigenvalue weighted by Gasteiger charge is -2.04. The van der Waals surface area contributed by atoms with Crippen molar-refractivity contribution in [2.45, 2.75) is 14.7 Å². The Morgan fingerprint density at radius 1 is 1.15 bits per heavy atom. The molecule has 20 heavy (non-hydrogen) atoms. The predicted molar refractivity (Wildman–Crippen MR) is 74.8 cm³/mol. The molecule has 2 aromatic carbocycles. The minimum atomic E-state index is -3.23. The van der Waals surface area contributed by atoms with Gasteiger partial charge in [0, 0.05) is 16.0 Å². The summed E-state index contributed by atoms with van der Waals surface area (Å²) in [6.45, 7) is 0. The number of benzene rings is 2. The maximum Gasteiger partial charge on any atom is 0.175 e. The quantitative estimate of drug-likeness (QED) is 0.873. The molecule has 0 N–H and O–H groups in total. The van der Waals surface area contributed by atoms with E-state index in [0.29, 0.717) is 4.90 Å². The lowest BCUT2D eigenvalue weighted by molar-refractivity contribution is 0.600. The second-order valence-electron chi connectivity index (χ2n) is 4.10. The second kappa shape index (κ2) is 5.65. The lowest BCUT2D eigenvalue weighted by Crippen LogP contribution is -1.96. The summed E-state index contributed by atoms with van der Waals surface area (Å²) in [7, 11) is -3.23. The summed E-state index contributed by atoms with van der Waals surface area (Å²) < 4.78 is 36.4. The third-order valence-electron chi connectivity index (χ3n) is 2.54. The van der Waals surface area contributed by atoms with Gasteiger partial charge >= 0.3 is 0 Å². The molecular formula is C14H10FNO2S2. The predicted octanol–water partition coefficient (Wildman–Crippen LogP) is 3.25. The third-order valence-corrected chi connectivity index (χ3v) is 4.73. The molecule has 0 amide bonds. The first-order valence-corrected chi connectivity index (χ1v) is 8.28. The number of sulfone groups is 1. The molecule has 0 bridgehead atoms. The molecule has 0 aliphatic carbocycles. The van der Waals surface area contributed by atoms with Crippen LogP contribution in [0.25, 0.3) is 0 Å². The Bertz CT molecular complexity index is 778. The fourth-order valence-corrected chi connectivity index (χ4v) is 2.98. The van der Waals surface area contributed by atoms with E-state index in [1.54, 1.807) is 12.1 Å². The van der Waals surface area contributed by atoms with Gasteiger partial charge in [0.2, 0.25) is 0 Å². The Morgan fingerprint density at radius 3 is 2.30 bits per heavy atom. The highest BCUT2D eigenvalue weighted by Gasteiger charge is 2.08. The minimum absolute atomic E-state index is 0.224. The Balaban J connectivity index is 2.25. The van der Waals surface area contributed by atoms with Crippen LogP contribution in [0.1, 0.15) is 5.56 Å². The van der Waals surface area contributed by atoms with Gasteiger partial charge in [-0.3, -0.25) is 0 Å². The van der Waals surface area contributed by atoms with E-state index in [1.165, 1.54) is 42.1 Å². The van der Waals surface area contributed by atoms with Crippen molar-refractivity contribution in [1.82, 2.24) is 0 Å². The molecule has 0 aliphatic heterocycles. The van der Waals surface area contributed by atoms with Crippen LogP contribution in [0, 0.1) is 17.1 Å². The Hall–Kier alpha value is -1.84. The van der Waals surface area contributed by atoms with Crippen molar-refractivity contribution in [3.63, 3.8) is 0 Å². The van der Waals surface area contributed by atoms with Crippen molar-refractivity contribution in [1.29, 1.82) is 5.26 Å². The largest absolute Gasteiger partial charge is 0.224 e. The first-order chi connectivity index (χ1) is 9.40. The molecule has 0 saturated heterocycles. The van der Waals surface area contributed by atoms with Gasteiger partial charge in [-0.25, -0.2) is 12.8 Å². The molecule has 2 aromatic rings. The maximum atomic E-state index is 13.7. The van der Waals surface area contributed by atoms with Crippen molar-refractivity contribution in [3.05, 3.63) is 53.8 Å². The lowest BCUT2D eigenvalue weighted by atomic mass is 10.2. The van der Waals surface area contributed by atoms with Crippen LogP contribution in [-0.2, 0) is 9.84 Å². The van der Waals surface area contributed by atoms with Gasteiger partial charge < -0.3 is 0 Å². The molecule has 0 radical (unpaired) electrons. The highest BCUT2D eigenvalue weighted by molar-refractivity contribution is 7.99. The van der Waals surface area contributed by atoms with Crippen LogP contribution < -0.4 is 0 Å². The Labute approximate surface area is 121 Å². The third kappa shape index (κ3) is 3.38. The van der Waals surface area contributed by atoms with E-state index < -0.39 is 15.7 Å².